The Kier molecular flexibility index (Phi) is 5.67. The number of halogens is 3. The maximum atomic E-state index is 13.7. The predicted molar refractivity (Wildman–Crippen MR) is 79.8 cm³/mol. The van der Waals surface area contributed by atoms with Crippen molar-refractivity contribution in [3.05, 3.63) is 34.6 Å². The SMILES string of the molecule is O=C(Cc1c(F)cccc1Cl)N1CCCC1CCCCl. The van der Waals surface area contributed by atoms with Crippen molar-refractivity contribution in [1.82, 2.24) is 4.90 Å². The van der Waals surface area contributed by atoms with Crippen LogP contribution in [0.1, 0.15) is 31.2 Å². The first kappa shape index (κ1) is 15.6. The van der Waals surface area contributed by atoms with E-state index in [1.165, 1.54) is 6.07 Å². The van der Waals surface area contributed by atoms with Gasteiger partial charge in [0.2, 0.25) is 5.91 Å². The molecule has 1 heterocycles. The minimum absolute atomic E-state index is 0.0306. The van der Waals surface area contributed by atoms with Gasteiger partial charge in [-0.3, -0.25) is 4.79 Å². The van der Waals surface area contributed by atoms with E-state index in [4.69, 9.17) is 23.2 Å². The third-order valence-corrected chi connectivity index (χ3v) is 4.38. The van der Waals surface area contributed by atoms with E-state index >= 15 is 0 Å². The molecule has 0 N–H and O–H groups in total. The number of hydrogen-bond donors (Lipinski definition) is 0. The summed E-state index contributed by atoms with van der Waals surface area (Å²) in [6, 6.07) is 4.74. The first-order chi connectivity index (χ1) is 9.63. The molecule has 1 saturated heterocycles. The molecule has 1 aliphatic rings. The van der Waals surface area contributed by atoms with Crippen molar-refractivity contribution in [2.24, 2.45) is 0 Å². The molecule has 1 aromatic rings. The van der Waals surface area contributed by atoms with Crippen LogP contribution < -0.4 is 0 Å². The first-order valence-corrected chi connectivity index (χ1v) is 7.83. The van der Waals surface area contributed by atoms with Gasteiger partial charge < -0.3 is 4.90 Å². The number of alkyl halides is 1. The Bertz CT molecular complexity index is 461. The van der Waals surface area contributed by atoms with Gasteiger partial charge in [-0.15, -0.1) is 11.6 Å². The van der Waals surface area contributed by atoms with E-state index in [1.54, 1.807) is 12.1 Å². The number of carbonyl (C=O) groups excluding carboxylic acids is 1. The second kappa shape index (κ2) is 7.28. The molecule has 5 heteroatoms. The van der Waals surface area contributed by atoms with Crippen LogP contribution in [0, 0.1) is 5.82 Å². The van der Waals surface area contributed by atoms with Crippen LogP contribution in [0.2, 0.25) is 5.02 Å². The lowest BCUT2D eigenvalue weighted by molar-refractivity contribution is -0.131. The summed E-state index contributed by atoms with van der Waals surface area (Å²) in [5.41, 5.74) is 0.294. The zero-order valence-corrected chi connectivity index (χ0v) is 12.8. The number of likely N-dealkylation sites (tertiary alicyclic amines) is 1. The normalized spacial score (nSPS) is 18.6. The van der Waals surface area contributed by atoms with E-state index in [-0.39, 0.29) is 18.4 Å². The quantitative estimate of drug-likeness (QED) is 0.751. The molecule has 0 aromatic heterocycles. The van der Waals surface area contributed by atoms with Gasteiger partial charge in [0.1, 0.15) is 5.82 Å². The Morgan fingerprint density at radius 2 is 2.25 bits per heavy atom. The van der Waals surface area contributed by atoms with Gasteiger partial charge in [-0.1, -0.05) is 17.7 Å². The number of rotatable bonds is 5. The van der Waals surface area contributed by atoms with Gasteiger partial charge in [0.05, 0.1) is 6.42 Å². The van der Waals surface area contributed by atoms with Gasteiger partial charge in [0.15, 0.2) is 0 Å². The summed E-state index contributed by atoms with van der Waals surface area (Å²) >= 11 is 11.7. The highest BCUT2D eigenvalue weighted by Gasteiger charge is 2.28. The molecule has 0 aliphatic carbocycles. The predicted octanol–water partition coefficient (Wildman–Crippen LogP) is 4.03. The molecule has 0 radical (unpaired) electrons. The highest BCUT2D eigenvalue weighted by atomic mass is 35.5. The van der Waals surface area contributed by atoms with E-state index in [0.717, 1.165) is 32.2 Å². The third-order valence-electron chi connectivity index (χ3n) is 3.76. The van der Waals surface area contributed by atoms with Gasteiger partial charge in [0, 0.05) is 29.1 Å². The molecule has 110 valence electrons. The molecule has 0 bridgehead atoms. The second-order valence-electron chi connectivity index (χ2n) is 5.09. The molecule has 2 rings (SSSR count). The van der Waals surface area contributed by atoms with Crippen LogP contribution in [-0.2, 0) is 11.2 Å². The van der Waals surface area contributed by atoms with Crippen molar-refractivity contribution in [3.63, 3.8) is 0 Å². The smallest absolute Gasteiger partial charge is 0.227 e. The molecule has 1 atom stereocenters. The summed E-state index contributed by atoms with van der Waals surface area (Å²) in [6.45, 7) is 0.748. The van der Waals surface area contributed by atoms with Gasteiger partial charge >= 0.3 is 0 Å². The lowest BCUT2D eigenvalue weighted by atomic mass is 10.1. The zero-order valence-electron chi connectivity index (χ0n) is 11.2. The van der Waals surface area contributed by atoms with Crippen molar-refractivity contribution in [2.45, 2.75) is 38.1 Å². The Balaban J connectivity index is 2.04. The molecular weight excluding hydrogens is 300 g/mol. The zero-order chi connectivity index (χ0) is 14.5. The van der Waals surface area contributed by atoms with E-state index < -0.39 is 5.82 Å². The third kappa shape index (κ3) is 3.64. The Morgan fingerprint density at radius 3 is 2.95 bits per heavy atom. The Hall–Kier alpha value is -0.800. The molecule has 20 heavy (non-hydrogen) atoms. The lowest BCUT2D eigenvalue weighted by Crippen LogP contribution is -2.36. The summed E-state index contributed by atoms with van der Waals surface area (Å²) in [5, 5.41) is 0.315. The molecule has 1 aliphatic heterocycles. The van der Waals surface area contributed by atoms with Crippen LogP contribution in [0.3, 0.4) is 0 Å². The highest BCUT2D eigenvalue weighted by Crippen LogP contribution is 2.25. The van der Waals surface area contributed by atoms with Gasteiger partial charge in [-0.05, 0) is 37.8 Å². The second-order valence-corrected chi connectivity index (χ2v) is 5.88. The van der Waals surface area contributed by atoms with Crippen LogP contribution in [0.5, 0.6) is 0 Å². The van der Waals surface area contributed by atoms with Crippen molar-refractivity contribution >= 4 is 29.1 Å². The Labute approximate surface area is 128 Å². The number of carbonyl (C=O) groups is 1. The van der Waals surface area contributed by atoms with E-state index in [0.29, 0.717) is 16.5 Å². The summed E-state index contributed by atoms with van der Waals surface area (Å²) in [4.78, 5) is 14.2. The van der Waals surface area contributed by atoms with E-state index in [9.17, 15) is 9.18 Å². The molecule has 1 amide bonds. The average Bonchev–Trinajstić information content (AvgIpc) is 2.89. The van der Waals surface area contributed by atoms with E-state index in [2.05, 4.69) is 0 Å². The summed E-state index contributed by atoms with van der Waals surface area (Å²) in [5.74, 6) is 0.147. The molecule has 0 saturated carbocycles. The average molecular weight is 318 g/mol. The minimum Gasteiger partial charge on any atom is -0.339 e. The Morgan fingerprint density at radius 1 is 1.45 bits per heavy atom. The summed E-state index contributed by atoms with van der Waals surface area (Å²) in [6.07, 6.45) is 3.86. The van der Waals surface area contributed by atoms with Crippen LogP contribution in [0.15, 0.2) is 18.2 Å². The molecule has 2 nitrogen and oxygen atoms in total. The van der Waals surface area contributed by atoms with Crippen molar-refractivity contribution in [2.75, 3.05) is 12.4 Å². The molecule has 0 spiro atoms. The maximum absolute atomic E-state index is 13.7. The first-order valence-electron chi connectivity index (χ1n) is 6.92. The number of amides is 1. The van der Waals surface area contributed by atoms with Crippen LogP contribution in [0.25, 0.3) is 0 Å². The highest BCUT2D eigenvalue weighted by molar-refractivity contribution is 6.31. The van der Waals surface area contributed by atoms with Crippen molar-refractivity contribution in [3.8, 4) is 0 Å². The van der Waals surface area contributed by atoms with E-state index in [1.807, 2.05) is 4.90 Å². The van der Waals surface area contributed by atoms with Gasteiger partial charge in [-0.2, -0.15) is 0 Å². The van der Waals surface area contributed by atoms with Crippen molar-refractivity contribution < 1.29 is 9.18 Å². The van der Waals surface area contributed by atoms with Crippen molar-refractivity contribution in [1.29, 1.82) is 0 Å². The van der Waals surface area contributed by atoms with Gasteiger partial charge in [0.25, 0.3) is 0 Å². The van der Waals surface area contributed by atoms with Crippen LogP contribution in [-0.4, -0.2) is 29.3 Å². The number of benzene rings is 1. The largest absolute Gasteiger partial charge is 0.339 e. The number of nitrogens with zero attached hydrogens (tertiary/aromatic N) is 1. The molecule has 1 aromatic carbocycles. The summed E-state index contributed by atoms with van der Waals surface area (Å²) < 4.78 is 13.7. The summed E-state index contributed by atoms with van der Waals surface area (Å²) in [7, 11) is 0. The number of hydrogen-bond acceptors (Lipinski definition) is 1. The fourth-order valence-electron chi connectivity index (χ4n) is 2.73. The molecular formula is C15H18Cl2FNO. The maximum Gasteiger partial charge on any atom is 0.227 e. The van der Waals surface area contributed by atoms with Gasteiger partial charge in [-0.25, -0.2) is 4.39 Å². The minimum atomic E-state index is -0.414. The lowest BCUT2D eigenvalue weighted by Gasteiger charge is -2.25. The monoisotopic (exact) mass is 317 g/mol. The molecule has 1 fully saturated rings. The fraction of sp³-hybridized carbons (Fsp3) is 0.533. The van der Waals surface area contributed by atoms with Crippen LogP contribution >= 0.6 is 23.2 Å². The van der Waals surface area contributed by atoms with Crippen LogP contribution in [0.4, 0.5) is 4.39 Å². The fourth-order valence-corrected chi connectivity index (χ4v) is 3.12. The molecule has 1 unspecified atom stereocenters. The topological polar surface area (TPSA) is 20.3 Å². The standard InChI is InChI=1S/C15H18Cl2FNO/c16-8-2-4-11-5-3-9-19(11)15(20)10-12-13(17)6-1-7-14(12)18/h1,6-7,11H,2-5,8-10H2.